The lowest BCUT2D eigenvalue weighted by atomic mass is 9.96. The summed E-state index contributed by atoms with van der Waals surface area (Å²) >= 11 is 5.83. The maximum Gasteiger partial charge on any atom is 0.309 e. The number of nitrogens with one attached hydrogen (secondary N) is 2. The van der Waals surface area contributed by atoms with E-state index < -0.39 is 0 Å². The molecule has 1 aromatic carbocycles. The van der Waals surface area contributed by atoms with Crippen molar-refractivity contribution >= 4 is 29.2 Å². The Morgan fingerprint density at radius 1 is 1.27 bits per heavy atom. The topological polar surface area (TPSA) is 59.8 Å². The van der Waals surface area contributed by atoms with Crippen LogP contribution in [0.5, 0.6) is 0 Å². The number of benzene rings is 1. The molecule has 120 valence electrons. The van der Waals surface area contributed by atoms with E-state index in [1.807, 2.05) is 6.92 Å². The van der Waals surface area contributed by atoms with Crippen LogP contribution in [-0.2, 0) is 14.3 Å². The fraction of sp³-hybridized carbons (Fsp3) is 0.500. The van der Waals surface area contributed by atoms with E-state index in [0.717, 1.165) is 31.6 Å². The van der Waals surface area contributed by atoms with Crippen molar-refractivity contribution in [1.29, 1.82) is 0 Å². The number of hydrogen-bond acceptors (Lipinski definition) is 3. The molecule has 1 aromatic rings. The number of ether oxygens (including phenoxy) is 1. The molecular formula is C16H22ClN2O3+. The van der Waals surface area contributed by atoms with Crippen molar-refractivity contribution in [2.45, 2.75) is 25.8 Å². The third kappa shape index (κ3) is 4.21. The minimum Gasteiger partial charge on any atom is -0.469 e. The zero-order chi connectivity index (χ0) is 16.1. The Morgan fingerprint density at radius 3 is 2.41 bits per heavy atom. The largest absolute Gasteiger partial charge is 0.469 e. The van der Waals surface area contributed by atoms with Crippen molar-refractivity contribution in [3.05, 3.63) is 29.3 Å². The fourth-order valence-electron chi connectivity index (χ4n) is 2.79. The summed E-state index contributed by atoms with van der Waals surface area (Å²) in [5, 5.41) is 3.54. The van der Waals surface area contributed by atoms with Gasteiger partial charge in [-0.1, -0.05) is 11.6 Å². The lowest BCUT2D eigenvalue weighted by Crippen LogP contribution is -3.17. The van der Waals surface area contributed by atoms with Crippen LogP contribution in [0, 0.1) is 5.92 Å². The van der Waals surface area contributed by atoms with Gasteiger partial charge in [0.25, 0.3) is 5.91 Å². The minimum atomic E-state index is -0.158. The Labute approximate surface area is 135 Å². The zero-order valence-electron chi connectivity index (χ0n) is 12.9. The number of esters is 1. The molecule has 0 spiro atoms. The van der Waals surface area contributed by atoms with Crippen LogP contribution in [0.2, 0.25) is 5.02 Å². The number of anilines is 1. The van der Waals surface area contributed by atoms with E-state index in [2.05, 4.69) is 5.32 Å². The minimum absolute atomic E-state index is 0.0196. The lowest BCUT2D eigenvalue weighted by Gasteiger charge is -2.31. The molecule has 2 N–H and O–H groups in total. The number of likely N-dealkylation sites (tertiary alicyclic amines) is 1. The van der Waals surface area contributed by atoms with E-state index in [1.165, 1.54) is 12.0 Å². The number of carbonyl (C=O) groups excluding carboxylic acids is 2. The first kappa shape index (κ1) is 16.8. The molecule has 22 heavy (non-hydrogen) atoms. The van der Waals surface area contributed by atoms with Gasteiger partial charge in [-0.05, 0) is 31.2 Å². The molecule has 0 saturated carbocycles. The van der Waals surface area contributed by atoms with Crippen LogP contribution >= 0.6 is 11.6 Å². The van der Waals surface area contributed by atoms with Crippen LogP contribution in [-0.4, -0.2) is 38.1 Å². The molecule has 0 aromatic heterocycles. The van der Waals surface area contributed by atoms with Gasteiger partial charge < -0.3 is 15.0 Å². The van der Waals surface area contributed by atoms with E-state index in [0.29, 0.717) is 5.02 Å². The molecule has 1 heterocycles. The van der Waals surface area contributed by atoms with E-state index in [1.54, 1.807) is 24.3 Å². The average molecular weight is 326 g/mol. The molecule has 1 aliphatic rings. The van der Waals surface area contributed by atoms with Crippen molar-refractivity contribution in [1.82, 2.24) is 0 Å². The van der Waals surface area contributed by atoms with Crippen LogP contribution < -0.4 is 10.2 Å². The van der Waals surface area contributed by atoms with Crippen LogP contribution in [0.15, 0.2) is 24.3 Å². The third-order valence-corrected chi connectivity index (χ3v) is 4.53. The van der Waals surface area contributed by atoms with Gasteiger partial charge in [0.2, 0.25) is 0 Å². The normalized spacial score (nSPS) is 22.7. The van der Waals surface area contributed by atoms with Gasteiger partial charge in [-0.3, -0.25) is 9.59 Å². The summed E-state index contributed by atoms with van der Waals surface area (Å²) in [6.45, 7) is 3.52. The predicted octanol–water partition coefficient (Wildman–Crippen LogP) is 1.13. The molecule has 0 bridgehead atoms. The standard InChI is InChI=1S/C16H21ClN2O3/c1-11(15(20)18-14-5-3-13(17)4-6-14)19-9-7-12(8-10-19)16(21)22-2/h3-6,11-12H,7-10H2,1-2H3,(H,18,20)/p+1/t11-/m0/s1. The van der Waals surface area contributed by atoms with E-state index in [9.17, 15) is 9.59 Å². The van der Waals surface area contributed by atoms with Gasteiger partial charge in [0, 0.05) is 23.6 Å². The Hall–Kier alpha value is -1.59. The first-order chi connectivity index (χ1) is 10.5. The number of piperidine rings is 1. The second kappa shape index (κ2) is 7.61. The monoisotopic (exact) mass is 325 g/mol. The van der Waals surface area contributed by atoms with Crippen molar-refractivity contribution < 1.29 is 19.2 Å². The molecule has 6 heteroatoms. The Bertz CT molecular complexity index is 525. The number of quaternary nitrogens is 1. The van der Waals surface area contributed by atoms with Gasteiger partial charge >= 0.3 is 5.97 Å². The van der Waals surface area contributed by atoms with Crippen molar-refractivity contribution in [2.75, 3.05) is 25.5 Å². The quantitative estimate of drug-likeness (QED) is 0.816. The Morgan fingerprint density at radius 2 is 1.86 bits per heavy atom. The molecule has 0 unspecified atom stereocenters. The number of rotatable bonds is 4. The lowest BCUT2D eigenvalue weighted by molar-refractivity contribution is -0.919. The second-order valence-electron chi connectivity index (χ2n) is 5.67. The molecule has 1 atom stereocenters. The van der Waals surface area contributed by atoms with Gasteiger partial charge in [-0.2, -0.15) is 0 Å². The van der Waals surface area contributed by atoms with Crippen LogP contribution in [0.4, 0.5) is 5.69 Å². The highest BCUT2D eigenvalue weighted by Crippen LogP contribution is 2.14. The van der Waals surface area contributed by atoms with Gasteiger partial charge in [-0.15, -0.1) is 0 Å². The maximum atomic E-state index is 12.3. The number of hydrogen-bond donors (Lipinski definition) is 2. The average Bonchev–Trinajstić information content (AvgIpc) is 2.55. The van der Waals surface area contributed by atoms with Gasteiger partial charge in [0.05, 0.1) is 26.1 Å². The molecule has 5 nitrogen and oxygen atoms in total. The molecular weight excluding hydrogens is 304 g/mol. The first-order valence-corrected chi connectivity index (χ1v) is 7.88. The fourth-order valence-corrected chi connectivity index (χ4v) is 2.92. The molecule has 1 saturated heterocycles. The Balaban J connectivity index is 1.86. The molecule has 2 rings (SSSR count). The van der Waals surface area contributed by atoms with Crippen LogP contribution in [0.25, 0.3) is 0 Å². The number of carbonyl (C=O) groups is 2. The second-order valence-corrected chi connectivity index (χ2v) is 6.11. The number of methoxy groups -OCH3 is 1. The van der Waals surface area contributed by atoms with Crippen molar-refractivity contribution in [3.63, 3.8) is 0 Å². The SMILES string of the molecule is COC(=O)C1CC[NH+]([C@@H](C)C(=O)Nc2ccc(Cl)cc2)CC1. The van der Waals surface area contributed by atoms with E-state index in [4.69, 9.17) is 16.3 Å². The van der Waals surface area contributed by atoms with Gasteiger partial charge in [0.1, 0.15) is 0 Å². The van der Waals surface area contributed by atoms with Gasteiger partial charge in [0.15, 0.2) is 6.04 Å². The summed E-state index contributed by atoms with van der Waals surface area (Å²) in [5.74, 6) is -0.188. The summed E-state index contributed by atoms with van der Waals surface area (Å²) < 4.78 is 4.78. The van der Waals surface area contributed by atoms with Crippen LogP contribution in [0.3, 0.4) is 0 Å². The van der Waals surface area contributed by atoms with E-state index in [-0.39, 0.29) is 23.8 Å². The maximum absolute atomic E-state index is 12.3. The highest BCUT2D eigenvalue weighted by molar-refractivity contribution is 6.30. The van der Waals surface area contributed by atoms with Gasteiger partial charge in [-0.25, -0.2) is 0 Å². The molecule has 1 aliphatic heterocycles. The highest BCUT2D eigenvalue weighted by Gasteiger charge is 2.33. The molecule has 0 aliphatic carbocycles. The Kier molecular flexibility index (Phi) is 5.80. The van der Waals surface area contributed by atoms with Crippen molar-refractivity contribution in [2.24, 2.45) is 5.92 Å². The van der Waals surface area contributed by atoms with E-state index >= 15 is 0 Å². The van der Waals surface area contributed by atoms with Crippen molar-refractivity contribution in [3.8, 4) is 0 Å². The summed E-state index contributed by atoms with van der Waals surface area (Å²) in [6.07, 6.45) is 1.53. The summed E-state index contributed by atoms with van der Waals surface area (Å²) in [6, 6.07) is 6.90. The summed E-state index contributed by atoms with van der Waals surface area (Å²) in [7, 11) is 1.42. The summed E-state index contributed by atoms with van der Waals surface area (Å²) in [4.78, 5) is 25.0. The number of halogens is 1. The third-order valence-electron chi connectivity index (χ3n) is 4.28. The number of amides is 1. The molecule has 1 fully saturated rings. The smallest absolute Gasteiger partial charge is 0.309 e. The zero-order valence-corrected chi connectivity index (χ0v) is 13.7. The molecule has 0 radical (unpaired) electrons. The highest BCUT2D eigenvalue weighted by atomic mass is 35.5. The predicted molar refractivity (Wildman–Crippen MR) is 85.0 cm³/mol. The first-order valence-electron chi connectivity index (χ1n) is 7.50. The summed E-state index contributed by atoms with van der Waals surface area (Å²) in [5.41, 5.74) is 0.741. The molecule has 1 amide bonds. The van der Waals surface area contributed by atoms with Crippen LogP contribution in [0.1, 0.15) is 19.8 Å².